The maximum atomic E-state index is 12.8. The standard InChI is InChI=1S/C21H23ClN4O4S/c1-15(26(31(3,28)29)19-12-17(22)6-9-20(19)30-2)21(27)24-13-16-4-7-18(8-5-16)25-11-10-23-14-25/h4-12,14-15H,13H2,1-3H3,(H,24,27). The lowest BCUT2D eigenvalue weighted by atomic mass is 10.2. The fourth-order valence-electron chi connectivity index (χ4n) is 3.15. The van der Waals surface area contributed by atoms with E-state index in [1.54, 1.807) is 24.7 Å². The number of carbonyl (C=O) groups is 1. The SMILES string of the molecule is COc1ccc(Cl)cc1N(C(C)C(=O)NCc1ccc(-n2ccnc2)cc1)S(C)(=O)=O. The van der Waals surface area contributed by atoms with Gasteiger partial charge in [-0.15, -0.1) is 0 Å². The minimum absolute atomic E-state index is 0.199. The third-order valence-corrected chi connectivity index (χ3v) is 6.14. The van der Waals surface area contributed by atoms with Gasteiger partial charge in [0.05, 0.1) is 25.4 Å². The first-order valence-electron chi connectivity index (χ1n) is 9.38. The van der Waals surface area contributed by atoms with Gasteiger partial charge in [-0.25, -0.2) is 13.4 Å². The Bertz CT molecular complexity index is 1150. The monoisotopic (exact) mass is 462 g/mol. The number of methoxy groups -OCH3 is 1. The summed E-state index contributed by atoms with van der Waals surface area (Å²) in [6, 6.07) is 11.2. The van der Waals surface area contributed by atoms with Crippen LogP contribution in [0.3, 0.4) is 0 Å². The smallest absolute Gasteiger partial charge is 0.243 e. The number of aromatic nitrogens is 2. The molecule has 0 radical (unpaired) electrons. The molecule has 1 atom stereocenters. The molecule has 0 aliphatic rings. The number of hydrogen-bond acceptors (Lipinski definition) is 5. The number of carbonyl (C=O) groups excluding carboxylic acids is 1. The molecule has 1 amide bonds. The van der Waals surface area contributed by atoms with Crippen molar-refractivity contribution in [3.05, 3.63) is 71.8 Å². The van der Waals surface area contributed by atoms with E-state index in [2.05, 4.69) is 10.3 Å². The van der Waals surface area contributed by atoms with E-state index >= 15 is 0 Å². The minimum Gasteiger partial charge on any atom is -0.495 e. The Labute approximate surface area is 186 Å². The van der Waals surface area contributed by atoms with Gasteiger partial charge >= 0.3 is 0 Å². The van der Waals surface area contributed by atoms with Crippen LogP contribution in [0.25, 0.3) is 5.69 Å². The normalized spacial score (nSPS) is 12.3. The molecule has 0 saturated carbocycles. The first-order chi connectivity index (χ1) is 14.7. The van der Waals surface area contributed by atoms with Crippen LogP contribution in [0.1, 0.15) is 12.5 Å². The molecular formula is C21H23ClN4O4S. The summed E-state index contributed by atoms with van der Waals surface area (Å²) in [5.41, 5.74) is 2.01. The van der Waals surface area contributed by atoms with E-state index in [4.69, 9.17) is 16.3 Å². The molecule has 3 aromatic rings. The molecule has 0 fully saturated rings. The predicted molar refractivity (Wildman–Crippen MR) is 120 cm³/mol. The molecule has 0 aliphatic heterocycles. The number of anilines is 1. The summed E-state index contributed by atoms with van der Waals surface area (Å²) in [7, 11) is -2.38. The average molecular weight is 463 g/mol. The first kappa shape index (κ1) is 22.6. The molecule has 31 heavy (non-hydrogen) atoms. The molecule has 10 heteroatoms. The van der Waals surface area contributed by atoms with Crippen molar-refractivity contribution in [3.63, 3.8) is 0 Å². The number of benzene rings is 2. The van der Waals surface area contributed by atoms with Crippen molar-refractivity contribution in [2.75, 3.05) is 17.7 Å². The number of halogens is 1. The summed E-state index contributed by atoms with van der Waals surface area (Å²) < 4.78 is 33.2. The first-order valence-corrected chi connectivity index (χ1v) is 11.6. The Kier molecular flexibility index (Phi) is 6.87. The van der Waals surface area contributed by atoms with Crippen LogP contribution >= 0.6 is 11.6 Å². The zero-order valence-electron chi connectivity index (χ0n) is 17.3. The molecular weight excluding hydrogens is 440 g/mol. The van der Waals surface area contributed by atoms with Crippen LogP contribution < -0.4 is 14.4 Å². The predicted octanol–water partition coefficient (Wildman–Crippen LogP) is 3.01. The van der Waals surface area contributed by atoms with Gasteiger partial charge in [0, 0.05) is 29.6 Å². The number of hydrogen-bond donors (Lipinski definition) is 1. The van der Waals surface area contributed by atoms with E-state index in [1.165, 1.54) is 20.1 Å². The second-order valence-corrected chi connectivity index (χ2v) is 9.20. The van der Waals surface area contributed by atoms with E-state index in [9.17, 15) is 13.2 Å². The summed E-state index contributed by atoms with van der Waals surface area (Å²) in [5.74, 6) is -0.157. The van der Waals surface area contributed by atoms with Crippen LogP contribution in [0.2, 0.25) is 5.02 Å². The molecule has 1 N–H and O–H groups in total. The van der Waals surface area contributed by atoms with Crippen LogP contribution in [0.5, 0.6) is 5.75 Å². The second-order valence-electron chi connectivity index (χ2n) is 6.91. The van der Waals surface area contributed by atoms with Gasteiger partial charge in [0.2, 0.25) is 15.9 Å². The maximum Gasteiger partial charge on any atom is 0.243 e. The zero-order chi connectivity index (χ0) is 22.6. The molecule has 2 aromatic carbocycles. The molecule has 0 saturated heterocycles. The number of nitrogens with zero attached hydrogens (tertiary/aromatic N) is 3. The molecule has 164 valence electrons. The van der Waals surface area contributed by atoms with Crippen LogP contribution in [0.15, 0.2) is 61.2 Å². The highest BCUT2D eigenvalue weighted by molar-refractivity contribution is 7.92. The highest BCUT2D eigenvalue weighted by atomic mass is 35.5. The average Bonchev–Trinajstić information content (AvgIpc) is 3.26. The third kappa shape index (κ3) is 5.36. The molecule has 0 spiro atoms. The van der Waals surface area contributed by atoms with Gasteiger partial charge in [0.25, 0.3) is 0 Å². The van der Waals surface area contributed by atoms with E-state index in [0.717, 1.165) is 21.8 Å². The summed E-state index contributed by atoms with van der Waals surface area (Å²) in [4.78, 5) is 16.8. The van der Waals surface area contributed by atoms with Crippen molar-refractivity contribution in [1.29, 1.82) is 0 Å². The van der Waals surface area contributed by atoms with Gasteiger partial charge in [-0.3, -0.25) is 9.10 Å². The topological polar surface area (TPSA) is 93.5 Å². The van der Waals surface area contributed by atoms with Crippen molar-refractivity contribution in [1.82, 2.24) is 14.9 Å². The number of ether oxygens (including phenoxy) is 1. The van der Waals surface area contributed by atoms with Gasteiger partial charge in [-0.1, -0.05) is 23.7 Å². The summed E-state index contributed by atoms with van der Waals surface area (Å²) in [5, 5.41) is 3.12. The minimum atomic E-state index is -3.80. The molecule has 1 aromatic heterocycles. The Balaban J connectivity index is 1.76. The largest absolute Gasteiger partial charge is 0.495 e. The second kappa shape index (κ2) is 9.40. The highest BCUT2D eigenvalue weighted by Gasteiger charge is 2.31. The van der Waals surface area contributed by atoms with Crippen molar-refractivity contribution >= 4 is 33.2 Å². The molecule has 0 bridgehead atoms. The van der Waals surface area contributed by atoms with E-state index in [-0.39, 0.29) is 12.2 Å². The number of sulfonamides is 1. The van der Waals surface area contributed by atoms with E-state index in [1.807, 2.05) is 35.0 Å². The molecule has 1 unspecified atom stereocenters. The van der Waals surface area contributed by atoms with Crippen molar-refractivity contribution < 1.29 is 17.9 Å². The maximum absolute atomic E-state index is 12.8. The summed E-state index contributed by atoms with van der Waals surface area (Å²) in [6.45, 7) is 1.76. The quantitative estimate of drug-likeness (QED) is 0.555. The van der Waals surface area contributed by atoms with Gasteiger partial charge < -0.3 is 14.6 Å². The van der Waals surface area contributed by atoms with E-state index in [0.29, 0.717) is 10.8 Å². The lowest BCUT2D eigenvalue weighted by Gasteiger charge is -2.29. The molecule has 1 heterocycles. The molecule has 0 aliphatic carbocycles. The van der Waals surface area contributed by atoms with Crippen molar-refractivity contribution in [2.45, 2.75) is 19.5 Å². The van der Waals surface area contributed by atoms with Gasteiger partial charge in [0.15, 0.2) is 0 Å². The fourth-order valence-corrected chi connectivity index (χ4v) is 4.49. The third-order valence-electron chi connectivity index (χ3n) is 4.67. The van der Waals surface area contributed by atoms with Crippen LogP contribution in [0.4, 0.5) is 5.69 Å². The zero-order valence-corrected chi connectivity index (χ0v) is 18.9. The number of nitrogens with one attached hydrogen (secondary N) is 1. The van der Waals surface area contributed by atoms with Gasteiger partial charge in [-0.2, -0.15) is 0 Å². The molecule has 3 rings (SSSR count). The van der Waals surface area contributed by atoms with Crippen LogP contribution in [-0.4, -0.2) is 43.3 Å². The number of rotatable bonds is 8. The van der Waals surface area contributed by atoms with Crippen LogP contribution in [0, 0.1) is 0 Å². The summed E-state index contributed by atoms with van der Waals surface area (Å²) in [6.07, 6.45) is 6.26. The Morgan fingerprint density at radius 3 is 2.55 bits per heavy atom. The van der Waals surface area contributed by atoms with Crippen molar-refractivity contribution in [2.24, 2.45) is 0 Å². The van der Waals surface area contributed by atoms with Gasteiger partial charge in [0.1, 0.15) is 11.8 Å². The Morgan fingerprint density at radius 1 is 1.26 bits per heavy atom. The summed E-state index contributed by atoms with van der Waals surface area (Å²) >= 11 is 6.06. The highest BCUT2D eigenvalue weighted by Crippen LogP contribution is 2.34. The van der Waals surface area contributed by atoms with Crippen LogP contribution in [-0.2, 0) is 21.4 Å². The fraction of sp³-hybridized carbons (Fsp3) is 0.238. The number of imidazole rings is 1. The lowest BCUT2D eigenvalue weighted by molar-refractivity contribution is -0.122. The lowest BCUT2D eigenvalue weighted by Crippen LogP contribution is -2.47. The molecule has 8 nitrogen and oxygen atoms in total. The van der Waals surface area contributed by atoms with Gasteiger partial charge in [-0.05, 0) is 42.8 Å². The Hall–Kier alpha value is -3.04. The number of amides is 1. The van der Waals surface area contributed by atoms with Crippen molar-refractivity contribution in [3.8, 4) is 11.4 Å². The Morgan fingerprint density at radius 2 is 1.97 bits per heavy atom. The van der Waals surface area contributed by atoms with E-state index < -0.39 is 22.0 Å².